The van der Waals surface area contributed by atoms with E-state index in [0.29, 0.717) is 16.5 Å². The number of hydrogen-bond acceptors (Lipinski definition) is 4. The first kappa shape index (κ1) is 14.3. The van der Waals surface area contributed by atoms with Crippen molar-refractivity contribution in [3.63, 3.8) is 0 Å². The Kier molecular flexibility index (Phi) is 3.62. The number of nitrogens with one attached hydrogen (secondary N) is 1. The van der Waals surface area contributed by atoms with Gasteiger partial charge in [0.15, 0.2) is 0 Å². The van der Waals surface area contributed by atoms with Crippen LogP contribution in [0.25, 0.3) is 0 Å². The molecule has 0 aliphatic heterocycles. The SMILES string of the molecule is Cn1c(NS(=O)(=O)Cc2cccc(Cl)c2)nnc1C1CC1. The van der Waals surface area contributed by atoms with Crippen molar-refractivity contribution in [2.75, 3.05) is 4.72 Å². The van der Waals surface area contributed by atoms with E-state index in [1.807, 2.05) is 0 Å². The van der Waals surface area contributed by atoms with Gasteiger partial charge in [-0.05, 0) is 30.5 Å². The second kappa shape index (κ2) is 5.31. The Morgan fingerprint density at radius 2 is 2.14 bits per heavy atom. The van der Waals surface area contributed by atoms with Gasteiger partial charge in [0.25, 0.3) is 0 Å². The van der Waals surface area contributed by atoms with Gasteiger partial charge in [-0.2, -0.15) is 0 Å². The van der Waals surface area contributed by atoms with Crippen molar-refractivity contribution in [3.8, 4) is 0 Å². The Hall–Kier alpha value is -1.60. The van der Waals surface area contributed by atoms with Crippen LogP contribution < -0.4 is 4.72 Å². The molecule has 0 unspecified atom stereocenters. The van der Waals surface area contributed by atoms with Crippen molar-refractivity contribution < 1.29 is 8.42 Å². The molecule has 1 aliphatic rings. The molecule has 1 aliphatic carbocycles. The average molecular weight is 327 g/mol. The molecule has 1 N–H and O–H groups in total. The lowest BCUT2D eigenvalue weighted by atomic mass is 10.2. The Balaban J connectivity index is 1.76. The molecule has 0 bridgehead atoms. The standard InChI is InChI=1S/C13H15ClN4O2S/c1-18-12(10-5-6-10)15-16-13(18)17-21(19,20)8-9-3-2-4-11(14)7-9/h2-4,7,10H,5-6,8H2,1H3,(H,16,17). The highest BCUT2D eigenvalue weighted by atomic mass is 35.5. The van der Waals surface area contributed by atoms with Crippen LogP contribution in [0.15, 0.2) is 24.3 Å². The van der Waals surface area contributed by atoms with Gasteiger partial charge in [-0.3, -0.25) is 9.29 Å². The third kappa shape index (κ3) is 3.36. The van der Waals surface area contributed by atoms with E-state index in [1.54, 1.807) is 35.9 Å². The van der Waals surface area contributed by atoms with Gasteiger partial charge in [0.1, 0.15) is 5.82 Å². The fourth-order valence-corrected chi connectivity index (χ4v) is 3.51. The second-order valence-electron chi connectivity index (χ2n) is 5.21. The summed E-state index contributed by atoms with van der Waals surface area (Å²) in [5.41, 5.74) is 0.625. The minimum absolute atomic E-state index is 0.154. The monoisotopic (exact) mass is 326 g/mol. The fraction of sp³-hybridized carbons (Fsp3) is 0.385. The Morgan fingerprint density at radius 1 is 1.38 bits per heavy atom. The van der Waals surface area contributed by atoms with Crippen LogP contribution in [0.3, 0.4) is 0 Å². The highest BCUT2D eigenvalue weighted by Gasteiger charge is 2.30. The maximum Gasteiger partial charge on any atom is 0.239 e. The zero-order chi connectivity index (χ0) is 15.0. The number of benzene rings is 1. The molecule has 0 atom stereocenters. The quantitative estimate of drug-likeness (QED) is 0.914. The molecule has 112 valence electrons. The minimum Gasteiger partial charge on any atom is -0.300 e. The maximum atomic E-state index is 12.2. The van der Waals surface area contributed by atoms with Gasteiger partial charge in [-0.15, -0.1) is 10.2 Å². The van der Waals surface area contributed by atoms with Crippen molar-refractivity contribution in [2.24, 2.45) is 7.05 Å². The third-order valence-corrected chi connectivity index (χ3v) is 4.79. The van der Waals surface area contributed by atoms with Crippen LogP contribution in [-0.4, -0.2) is 23.2 Å². The summed E-state index contributed by atoms with van der Waals surface area (Å²) in [6.45, 7) is 0. The third-order valence-electron chi connectivity index (χ3n) is 3.34. The first-order chi connectivity index (χ1) is 9.94. The number of rotatable bonds is 5. The highest BCUT2D eigenvalue weighted by Crippen LogP contribution is 2.39. The molecule has 21 heavy (non-hydrogen) atoms. The summed E-state index contributed by atoms with van der Waals surface area (Å²) in [6.07, 6.45) is 2.17. The minimum atomic E-state index is -3.55. The zero-order valence-corrected chi connectivity index (χ0v) is 13.0. The van der Waals surface area contributed by atoms with Gasteiger partial charge in [0, 0.05) is 18.0 Å². The second-order valence-corrected chi connectivity index (χ2v) is 7.36. The Morgan fingerprint density at radius 3 is 2.81 bits per heavy atom. The van der Waals surface area contributed by atoms with Crippen LogP contribution in [0, 0.1) is 0 Å². The largest absolute Gasteiger partial charge is 0.300 e. The van der Waals surface area contributed by atoms with Gasteiger partial charge >= 0.3 is 0 Å². The number of halogens is 1. The van der Waals surface area contributed by atoms with E-state index in [4.69, 9.17) is 11.6 Å². The summed E-state index contributed by atoms with van der Waals surface area (Å²) in [6, 6.07) is 6.78. The summed E-state index contributed by atoms with van der Waals surface area (Å²) in [5.74, 6) is 1.34. The fourth-order valence-electron chi connectivity index (χ4n) is 2.15. The van der Waals surface area contributed by atoms with Gasteiger partial charge in [0.05, 0.1) is 5.75 Å². The molecule has 0 amide bonds. The molecule has 2 aromatic rings. The van der Waals surface area contributed by atoms with Crippen molar-refractivity contribution in [3.05, 3.63) is 40.7 Å². The van der Waals surface area contributed by atoms with Crippen LogP contribution >= 0.6 is 11.6 Å². The van der Waals surface area contributed by atoms with E-state index < -0.39 is 10.0 Å². The molecule has 8 heteroatoms. The number of nitrogens with zero attached hydrogens (tertiary/aromatic N) is 3. The van der Waals surface area contributed by atoms with Gasteiger partial charge < -0.3 is 0 Å². The van der Waals surface area contributed by atoms with Crippen LogP contribution in [0.2, 0.25) is 5.02 Å². The molecule has 1 fully saturated rings. The summed E-state index contributed by atoms with van der Waals surface area (Å²) in [4.78, 5) is 0. The molecule has 0 saturated heterocycles. The molecular formula is C13H15ClN4O2S. The molecule has 6 nitrogen and oxygen atoms in total. The van der Waals surface area contributed by atoms with Crippen molar-refractivity contribution >= 4 is 27.6 Å². The van der Waals surface area contributed by atoms with E-state index in [9.17, 15) is 8.42 Å². The lowest BCUT2D eigenvalue weighted by Crippen LogP contribution is -2.18. The Bertz CT molecular complexity index is 768. The normalized spacial score (nSPS) is 15.1. The smallest absolute Gasteiger partial charge is 0.239 e. The van der Waals surface area contributed by atoms with Gasteiger partial charge in [-0.1, -0.05) is 23.7 Å². The first-order valence-corrected chi connectivity index (χ1v) is 8.62. The highest BCUT2D eigenvalue weighted by molar-refractivity contribution is 7.91. The van der Waals surface area contributed by atoms with E-state index in [1.165, 1.54) is 0 Å². The van der Waals surface area contributed by atoms with Crippen molar-refractivity contribution in [1.29, 1.82) is 0 Å². The summed E-state index contributed by atoms with van der Waals surface area (Å²) >= 11 is 5.86. The van der Waals surface area contributed by atoms with Crippen LogP contribution in [-0.2, 0) is 22.8 Å². The molecule has 1 aromatic heterocycles. The van der Waals surface area contributed by atoms with Gasteiger partial charge in [0.2, 0.25) is 16.0 Å². The van der Waals surface area contributed by atoms with Crippen molar-refractivity contribution in [1.82, 2.24) is 14.8 Å². The van der Waals surface area contributed by atoms with Crippen LogP contribution in [0.5, 0.6) is 0 Å². The molecule has 1 heterocycles. The first-order valence-electron chi connectivity index (χ1n) is 6.59. The van der Waals surface area contributed by atoms with E-state index >= 15 is 0 Å². The predicted molar refractivity (Wildman–Crippen MR) is 80.7 cm³/mol. The number of sulfonamides is 1. The van der Waals surface area contributed by atoms with Crippen LogP contribution in [0.1, 0.15) is 30.1 Å². The Labute approximate surface area is 128 Å². The summed E-state index contributed by atoms with van der Waals surface area (Å²) < 4.78 is 28.6. The summed E-state index contributed by atoms with van der Waals surface area (Å²) in [7, 11) is -1.78. The van der Waals surface area contributed by atoms with E-state index in [2.05, 4.69) is 14.9 Å². The molecule has 0 radical (unpaired) electrons. The lowest BCUT2D eigenvalue weighted by Gasteiger charge is -2.08. The van der Waals surface area contributed by atoms with E-state index in [0.717, 1.165) is 18.7 Å². The molecule has 0 spiro atoms. The number of anilines is 1. The molecular weight excluding hydrogens is 312 g/mol. The topological polar surface area (TPSA) is 76.9 Å². The van der Waals surface area contributed by atoms with Crippen LogP contribution in [0.4, 0.5) is 5.95 Å². The van der Waals surface area contributed by atoms with Gasteiger partial charge in [-0.25, -0.2) is 8.42 Å². The molecule has 1 saturated carbocycles. The predicted octanol–water partition coefficient (Wildman–Crippen LogP) is 2.29. The summed E-state index contributed by atoms with van der Waals surface area (Å²) in [5, 5.41) is 8.48. The number of aromatic nitrogens is 3. The maximum absolute atomic E-state index is 12.2. The lowest BCUT2D eigenvalue weighted by molar-refractivity contribution is 0.599. The van der Waals surface area contributed by atoms with Crippen molar-refractivity contribution in [2.45, 2.75) is 24.5 Å². The molecule has 1 aromatic carbocycles. The van der Waals surface area contributed by atoms with E-state index in [-0.39, 0.29) is 11.7 Å². The average Bonchev–Trinajstić information content (AvgIpc) is 3.16. The number of hydrogen-bond donors (Lipinski definition) is 1. The zero-order valence-electron chi connectivity index (χ0n) is 11.5. The molecule has 3 rings (SSSR count).